The fraction of sp³-hybridized carbons (Fsp3) is 0.385. The van der Waals surface area contributed by atoms with E-state index in [1.807, 2.05) is 58.0 Å². The summed E-state index contributed by atoms with van der Waals surface area (Å²) in [5.41, 5.74) is -0.195. The van der Waals surface area contributed by atoms with E-state index in [-0.39, 0.29) is 5.41 Å². The lowest BCUT2D eigenvalue weighted by molar-refractivity contribution is 0.369. The standard InChI is InChI=1S/C13H18O/c1-5-10-8-6-7-9-11(10)12(14)13(2,3)4/h5-9,14H,1-4H3/b10-5+,12-11-. The van der Waals surface area contributed by atoms with Gasteiger partial charge in [0.15, 0.2) is 0 Å². The third-order valence-electron chi connectivity index (χ3n) is 2.24. The van der Waals surface area contributed by atoms with Crippen LogP contribution in [0.5, 0.6) is 0 Å². The van der Waals surface area contributed by atoms with E-state index in [2.05, 4.69) is 0 Å². The van der Waals surface area contributed by atoms with Gasteiger partial charge in [-0.15, -0.1) is 0 Å². The molecule has 0 saturated heterocycles. The van der Waals surface area contributed by atoms with Crippen molar-refractivity contribution in [1.29, 1.82) is 0 Å². The Morgan fingerprint density at radius 3 is 2.29 bits per heavy atom. The molecule has 1 aromatic rings. The van der Waals surface area contributed by atoms with Gasteiger partial charge in [0.05, 0.1) is 0 Å². The molecule has 0 bridgehead atoms. The molecule has 0 atom stereocenters. The van der Waals surface area contributed by atoms with E-state index in [9.17, 15) is 5.11 Å². The Labute approximate surface area is 85.4 Å². The summed E-state index contributed by atoms with van der Waals surface area (Å²) >= 11 is 0. The molecule has 0 spiro atoms. The van der Waals surface area contributed by atoms with Crippen molar-refractivity contribution < 1.29 is 5.11 Å². The predicted molar refractivity (Wildman–Crippen MR) is 61.3 cm³/mol. The van der Waals surface area contributed by atoms with Crippen LogP contribution in [0.2, 0.25) is 0 Å². The van der Waals surface area contributed by atoms with Crippen LogP contribution in [0.4, 0.5) is 0 Å². The van der Waals surface area contributed by atoms with Crippen LogP contribution >= 0.6 is 0 Å². The molecule has 0 aliphatic rings. The van der Waals surface area contributed by atoms with Crippen molar-refractivity contribution in [2.75, 3.05) is 0 Å². The molecule has 0 aliphatic carbocycles. The van der Waals surface area contributed by atoms with E-state index in [0.29, 0.717) is 5.76 Å². The van der Waals surface area contributed by atoms with Crippen LogP contribution in [0.25, 0.3) is 11.8 Å². The minimum absolute atomic E-state index is 0.195. The third kappa shape index (κ3) is 2.16. The Balaban J connectivity index is 3.61. The lowest BCUT2D eigenvalue weighted by atomic mass is 9.92. The van der Waals surface area contributed by atoms with Crippen molar-refractivity contribution in [2.24, 2.45) is 5.41 Å². The third-order valence-corrected chi connectivity index (χ3v) is 2.24. The molecule has 0 amide bonds. The van der Waals surface area contributed by atoms with Gasteiger partial charge in [0.25, 0.3) is 0 Å². The quantitative estimate of drug-likeness (QED) is 0.665. The summed E-state index contributed by atoms with van der Waals surface area (Å²) in [6.07, 6.45) is 2.01. The van der Waals surface area contributed by atoms with Crippen molar-refractivity contribution >= 4 is 11.8 Å². The van der Waals surface area contributed by atoms with Crippen LogP contribution in [0.15, 0.2) is 24.3 Å². The zero-order valence-corrected chi connectivity index (χ0v) is 9.33. The highest BCUT2D eigenvalue weighted by Crippen LogP contribution is 2.21. The van der Waals surface area contributed by atoms with Crippen molar-refractivity contribution in [3.05, 3.63) is 34.7 Å². The lowest BCUT2D eigenvalue weighted by Crippen LogP contribution is -2.30. The van der Waals surface area contributed by atoms with Gasteiger partial charge in [0.1, 0.15) is 5.76 Å². The zero-order valence-electron chi connectivity index (χ0n) is 9.33. The van der Waals surface area contributed by atoms with E-state index in [4.69, 9.17) is 0 Å². The number of aliphatic hydroxyl groups is 1. The van der Waals surface area contributed by atoms with Gasteiger partial charge in [-0.25, -0.2) is 0 Å². The van der Waals surface area contributed by atoms with Gasteiger partial charge in [-0.1, -0.05) is 51.1 Å². The van der Waals surface area contributed by atoms with E-state index in [1.54, 1.807) is 0 Å². The van der Waals surface area contributed by atoms with Crippen molar-refractivity contribution in [3.8, 4) is 0 Å². The number of benzene rings is 1. The monoisotopic (exact) mass is 190 g/mol. The first-order chi connectivity index (χ1) is 6.46. The van der Waals surface area contributed by atoms with Gasteiger partial charge in [-0.3, -0.25) is 0 Å². The molecule has 76 valence electrons. The highest BCUT2D eigenvalue weighted by molar-refractivity contribution is 5.42. The molecule has 14 heavy (non-hydrogen) atoms. The summed E-state index contributed by atoms with van der Waals surface area (Å²) < 4.78 is 0. The molecule has 1 nitrogen and oxygen atoms in total. The molecular weight excluding hydrogens is 172 g/mol. The largest absolute Gasteiger partial charge is 0.511 e. The molecule has 1 N–H and O–H groups in total. The maximum atomic E-state index is 10.1. The maximum absolute atomic E-state index is 10.1. The lowest BCUT2D eigenvalue weighted by Gasteiger charge is -2.17. The van der Waals surface area contributed by atoms with Gasteiger partial charge < -0.3 is 5.11 Å². The molecule has 0 saturated carbocycles. The second-order valence-corrected chi connectivity index (χ2v) is 4.47. The van der Waals surface area contributed by atoms with Gasteiger partial charge in [-0.05, 0) is 12.1 Å². The molecule has 1 heteroatoms. The van der Waals surface area contributed by atoms with Crippen LogP contribution in [-0.4, -0.2) is 5.11 Å². The molecule has 0 fully saturated rings. The Morgan fingerprint density at radius 2 is 1.79 bits per heavy atom. The Morgan fingerprint density at radius 1 is 1.21 bits per heavy atom. The van der Waals surface area contributed by atoms with Crippen LogP contribution in [0.1, 0.15) is 27.7 Å². The highest BCUT2D eigenvalue weighted by atomic mass is 16.3. The molecule has 1 aromatic carbocycles. The summed E-state index contributed by atoms with van der Waals surface area (Å²) in [7, 11) is 0. The SMILES string of the molecule is C/C=c1\cccc\c1=C(\O)C(C)(C)C. The summed E-state index contributed by atoms with van der Waals surface area (Å²) in [6.45, 7) is 8.01. The first kappa shape index (κ1) is 10.8. The molecule has 1 rings (SSSR count). The Hall–Kier alpha value is -1.24. The number of hydrogen-bond acceptors (Lipinski definition) is 1. The fourth-order valence-electron chi connectivity index (χ4n) is 1.37. The maximum Gasteiger partial charge on any atom is 0.105 e. The topological polar surface area (TPSA) is 20.2 Å². The summed E-state index contributed by atoms with van der Waals surface area (Å²) in [5, 5.41) is 12.1. The van der Waals surface area contributed by atoms with Gasteiger partial charge >= 0.3 is 0 Å². The first-order valence-electron chi connectivity index (χ1n) is 4.92. The second kappa shape index (κ2) is 3.87. The van der Waals surface area contributed by atoms with Crippen molar-refractivity contribution in [1.82, 2.24) is 0 Å². The van der Waals surface area contributed by atoms with E-state index in [0.717, 1.165) is 10.4 Å². The average molecular weight is 190 g/mol. The molecular formula is C13H18O. The molecule has 0 aromatic heterocycles. The Bertz CT molecular complexity index is 421. The molecule has 0 radical (unpaired) electrons. The van der Waals surface area contributed by atoms with Gasteiger partial charge in [0, 0.05) is 10.6 Å². The molecule has 0 aliphatic heterocycles. The number of hydrogen-bond donors (Lipinski definition) is 1. The fourth-order valence-corrected chi connectivity index (χ4v) is 1.37. The van der Waals surface area contributed by atoms with Crippen LogP contribution < -0.4 is 10.4 Å². The van der Waals surface area contributed by atoms with Crippen LogP contribution in [0, 0.1) is 5.41 Å². The van der Waals surface area contributed by atoms with Crippen molar-refractivity contribution in [3.63, 3.8) is 0 Å². The second-order valence-electron chi connectivity index (χ2n) is 4.47. The van der Waals surface area contributed by atoms with Gasteiger partial charge in [0.2, 0.25) is 0 Å². The zero-order chi connectivity index (χ0) is 10.8. The Kier molecular flexibility index (Phi) is 3.00. The van der Waals surface area contributed by atoms with Crippen LogP contribution in [0.3, 0.4) is 0 Å². The summed E-state index contributed by atoms with van der Waals surface area (Å²) in [6, 6.07) is 7.90. The van der Waals surface area contributed by atoms with Gasteiger partial charge in [-0.2, -0.15) is 0 Å². The molecule has 0 heterocycles. The minimum Gasteiger partial charge on any atom is -0.511 e. The number of rotatable bonds is 0. The van der Waals surface area contributed by atoms with Crippen LogP contribution in [-0.2, 0) is 0 Å². The smallest absolute Gasteiger partial charge is 0.105 e. The predicted octanol–water partition coefficient (Wildman–Crippen LogP) is 2.20. The average Bonchev–Trinajstić information content (AvgIpc) is 2.15. The van der Waals surface area contributed by atoms with E-state index >= 15 is 0 Å². The van der Waals surface area contributed by atoms with E-state index < -0.39 is 0 Å². The number of aliphatic hydroxyl groups excluding tert-OH is 1. The summed E-state index contributed by atoms with van der Waals surface area (Å²) in [4.78, 5) is 0. The normalized spacial score (nSPS) is 15.6. The first-order valence-corrected chi connectivity index (χ1v) is 4.92. The highest BCUT2D eigenvalue weighted by Gasteiger charge is 2.16. The van der Waals surface area contributed by atoms with E-state index in [1.165, 1.54) is 0 Å². The minimum atomic E-state index is -0.195. The summed E-state index contributed by atoms with van der Waals surface area (Å²) in [5.74, 6) is 0.450. The molecule has 0 unspecified atom stereocenters. The van der Waals surface area contributed by atoms with Crippen molar-refractivity contribution in [2.45, 2.75) is 27.7 Å².